The lowest BCUT2D eigenvalue weighted by Gasteiger charge is -2.33. The lowest BCUT2D eigenvalue weighted by molar-refractivity contribution is -0.120. The molecular weight excluding hydrogens is 403 g/mol. The van der Waals surface area contributed by atoms with Crippen LogP contribution in [0.15, 0.2) is 60.8 Å². The third-order valence-corrected chi connectivity index (χ3v) is 5.90. The third kappa shape index (κ3) is 5.49. The molecule has 1 aliphatic heterocycles. The predicted octanol–water partition coefficient (Wildman–Crippen LogP) is 5.48. The molecule has 0 bridgehead atoms. The van der Waals surface area contributed by atoms with Gasteiger partial charge in [-0.1, -0.05) is 25.5 Å². The average Bonchev–Trinajstić information content (AvgIpc) is 2.84. The first-order chi connectivity index (χ1) is 15.6. The molecule has 1 N–H and O–H groups in total. The number of benzene rings is 2. The van der Waals surface area contributed by atoms with Crippen molar-refractivity contribution in [2.45, 2.75) is 39.0 Å². The van der Waals surface area contributed by atoms with Crippen molar-refractivity contribution < 1.29 is 9.18 Å². The molecule has 2 heterocycles. The van der Waals surface area contributed by atoms with Crippen LogP contribution in [0.25, 0.3) is 11.4 Å². The van der Waals surface area contributed by atoms with Crippen molar-refractivity contribution in [3.05, 3.63) is 72.2 Å². The van der Waals surface area contributed by atoms with Crippen molar-refractivity contribution in [1.82, 2.24) is 9.97 Å². The second-order valence-corrected chi connectivity index (χ2v) is 8.32. The molecule has 32 heavy (non-hydrogen) atoms. The summed E-state index contributed by atoms with van der Waals surface area (Å²) in [5.74, 6) is 0.997. The number of unbranched alkanes of at least 4 members (excludes halogenated alkanes) is 1. The molecule has 0 spiro atoms. The fourth-order valence-corrected chi connectivity index (χ4v) is 4.04. The van der Waals surface area contributed by atoms with Gasteiger partial charge >= 0.3 is 0 Å². The van der Waals surface area contributed by atoms with Gasteiger partial charge in [-0.3, -0.25) is 4.79 Å². The van der Waals surface area contributed by atoms with Gasteiger partial charge in [0.05, 0.1) is 5.92 Å². The molecule has 5 nitrogen and oxygen atoms in total. The van der Waals surface area contributed by atoms with E-state index in [9.17, 15) is 9.18 Å². The van der Waals surface area contributed by atoms with E-state index in [2.05, 4.69) is 39.2 Å². The Hall–Kier alpha value is -3.28. The van der Waals surface area contributed by atoms with Gasteiger partial charge in [-0.2, -0.15) is 0 Å². The molecular formula is C26H29FN4O. The summed E-state index contributed by atoms with van der Waals surface area (Å²) in [6.45, 7) is 3.64. The fourth-order valence-electron chi connectivity index (χ4n) is 4.04. The third-order valence-electron chi connectivity index (χ3n) is 5.90. The number of anilines is 2. The quantitative estimate of drug-likeness (QED) is 0.537. The molecule has 2 aromatic carbocycles. The van der Waals surface area contributed by atoms with Gasteiger partial charge < -0.3 is 10.2 Å². The minimum absolute atomic E-state index is 0.0452. The molecule has 0 aliphatic carbocycles. The monoisotopic (exact) mass is 432 g/mol. The lowest BCUT2D eigenvalue weighted by atomic mass is 9.97. The van der Waals surface area contributed by atoms with Crippen LogP contribution in [0.1, 0.15) is 38.2 Å². The summed E-state index contributed by atoms with van der Waals surface area (Å²) in [4.78, 5) is 24.0. The van der Waals surface area contributed by atoms with Crippen molar-refractivity contribution in [3.8, 4) is 11.4 Å². The highest BCUT2D eigenvalue weighted by atomic mass is 19.1. The molecule has 166 valence electrons. The van der Waals surface area contributed by atoms with Crippen LogP contribution in [0.4, 0.5) is 15.9 Å². The maximum absolute atomic E-state index is 13.2. The van der Waals surface area contributed by atoms with Crippen LogP contribution < -0.4 is 10.2 Å². The van der Waals surface area contributed by atoms with E-state index in [1.54, 1.807) is 18.3 Å². The van der Waals surface area contributed by atoms with Crippen molar-refractivity contribution in [3.63, 3.8) is 0 Å². The van der Waals surface area contributed by atoms with E-state index in [1.165, 1.54) is 30.5 Å². The van der Waals surface area contributed by atoms with Gasteiger partial charge in [0.2, 0.25) is 5.91 Å². The van der Waals surface area contributed by atoms with E-state index < -0.39 is 0 Å². The Morgan fingerprint density at radius 3 is 2.66 bits per heavy atom. The number of aryl methyl sites for hydroxylation is 1. The summed E-state index contributed by atoms with van der Waals surface area (Å²) in [6.07, 6.45) is 6.91. The number of rotatable bonds is 7. The van der Waals surface area contributed by atoms with E-state index in [1.807, 2.05) is 18.2 Å². The highest BCUT2D eigenvalue weighted by Crippen LogP contribution is 2.25. The highest BCUT2D eigenvalue weighted by Gasteiger charge is 2.27. The zero-order valence-electron chi connectivity index (χ0n) is 18.4. The van der Waals surface area contributed by atoms with Crippen molar-refractivity contribution in [2.75, 3.05) is 23.3 Å². The Morgan fingerprint density at radius 1 is 1.12 bits per heavy atom. The van der Waals surface area contributed by atoms with Gasteiger partial charge in [-0.15, -0.1) is 0 Å². The number of hydrogen-bond donors (Lipinski definition) is 1. The van der Waals surface area contributed by atoms with Crippen molar-refractivity contribution in [1.29, 1.82) is 0 Å². The maximum Gasteiger partial charge on any atom is 0.229 e. The topological polar surface area (TPSA) is 58.1 Å². The first-order valence-electron chi connectivity index (χ1n) is 11.4. The predicted molar refractivity (Wildman–Crippen MR) is 126 cm³/mol. The Bertz CT molecular complexity index is 1040. The van der Waals surface area contributed by atoms with E-state index >= 15 is 0 Å². The number of aromatic nitrogens is 2. The summed E-state index contributed by atoms with van der Waals surface area (Å²) in [5, 5.41) is 3.08. The van der Waals surface area contributed by atoms with Crippen molar-refractivity contribution in [2.24, 2.45) is 5.92 Å². The number of amides is 1. The molecule has 4 rings (SSSR count). The SMILES string of the molecule is CCCCc1ccc(NC(=O)[C@H]2CCCN(c3ccnc(-c4ccc(F)cc4)n3)C2)cc1. The minimum Gasteiger partial charge on any atom is -0.356 e. The van der Waals surface area contributed by atoms with Crippen molar-refractivity contribution >= 4 is 17.4 Å². The Labute approximate surface area is 188 Å². The molecule has 0 radical (unpaired) electrons. The zero-order valence-corrected chi connectivity index (χ0v) is 18.4. The second-order valence-electron chi connectivity index (χ2n) is 8.32. The summed E-state index contributed by atoms with van der Waals surface area (Å²) in [5.41, 5.74) is 2.91. The molecule has 6 heteroatoms. The summed E-state index contributed by atoms with van der Waals surface area (Å²) in [6, 6.07) is 16.2. The molecule has 1 aromatic heterocycles. The van der Waals surface area contributed by atoms with Crippen LogP contribution in [0, 0.1) is 11.7 Å². The number of nitrogens with zero attached hydrogens (tertiary/aromatic N) is 3. The normalized spacial score (nSPS) is 16.1. The Balaban J connectivity index is 1.40. The lowest BCUT2D eigenvalue weighted by Crippen LogP contribution is -2.41. The Morgan fingerprint density at radius 2 is 1.91 bits per heavy atom. The zero-order chi connectivity index (χ0) is 22.3. The first kappa shape index (κ1) is 21.9. The molecule has 1 saturated heterocycles. The highest BCUT2D eigenvalue weighted by molar-refractivity contribution is 5.93. The van der Waals surface area contributed by atoms with Gasteiger partial charge in [-0.25, -0.2) is 14.4 Å². The van der Waals surface area contributed by atoms with Gasteiger partial charge in [-0.05, 0) is 73.7 Å². The van der Waals surface area contributed by atoms with Crippen LogP contribution in [0.3, 0.4) is 0 Å². The second kappa shape index (κ2) is 10.4. The Kier molecular flexibility index (Phi) is 7.10. The number of nitrogens with one attached hydrogen (secondary N) is 1. The number of halogens is 1. The molecule has 1 aliphatic rings. The number of carbonyl (C=O) groups is 1. The largest absolute Gasteiger partial charge is 0.356 e. The van der Waals surface area contributed by atoms with E-state index in [0.717, 1.165) is 42.9 Å². The standard InChI is InChI=1S/C26H29FN4O/c1-2-3-5-19-7-13-23(14-8-19)29-26(32)21-6-4-17-31(18-21)24-15-16-28-25(30-24)20-9-11-22(27)12-10-20/h7-16,21H,2-6,17-18H2,1H3,(H,29,32)/t21-/m0/s1. The molecule has 0 unspecified atom stereocenters. The van der Waals surface area contributed by atoms with Crippen LogP contribution in [-0.2, 0) is 11.2 Å². The molecule has 1 atom stereocenters. The number of hydrogen-bond acceptors (Lipinski definition) is 4. The summed E-state index contributed by atoms with van der Waals surface area (Å²) in [7, 11) is 0. The van der Waals surface area contributed by atoms with Gasteiger partial charge in [0.25, 0.3) is 0 Å². The maximum atomic E-state index is 13.2. The molecule has 0 saturated carbocycles. The van der Waals surface area contributed by atoms with Crippen LogP contribution in [0.2, 0.25) is 0 Å². The summed E-state index contributed by atoms with van der Waals surface area (Å²) >= 11 is 0. The fraction of sp³-hybridized carbons (Fsp3) is 0.346. The molecule has 1 fully saturated rings. The van der Waals surface area contributed by atoms with E-state index in [0.29, 0.717) is 12.4 Å². The van der Waals surface area contributed by atoms with E-state index in [-0.39, 0.29) is 17.6 Å². The van der Waals surface area contributed by atoms with Gasteiger partial charge in [0, 0.05) is 30.5 Å². The minimum atomic E-state index is -0.287. The smallest absolute Gasteiger partial charge is 0.229 e. The average molecular weight is 433 g/mol. The van der Waals surface area contributed by atoms with Crippen LogP contribution in [0.5, 0.6) is 0 Å². The van der Waals surface area contributed by atoms with Crippen LogP contribution in [-0.4, -0.2) is 29.0 Å². The van der Waals surface area contributed by atoms with Gasteiger partial charge in [0.15, 0.2) is 5.82 Å². The molecule has 3 aromatic rings. The van der Waals surface area contributed by atoms with Gasteiger partial charge in [0.1, 0.15) is 11.6 Å². The summed E-state index contributed by atoms with van der Waals surface area (Å²) < 4.78 is 13.2. The van der Waals surface area contributed by atoms with Crippen LogP contribution >= 0.6 is 0 Å². The van der Waals surface area contributed by atoms with E-state index in [4.69, 9.17) is 0 Å². The number of piperidine rings is 1. The first-order valence-corrected chi connectivity index (χ1v) is 11.4. The number of carbonyl (C=O) groups excluding carboxylic acids is 1. The molecule has 1 amide bonds.